The largest absolute Gasteiger partial charge is 0.356 e. The number of nitrogens with zero attached hydrogens (tertiary/aromatic N) is 1. The normalized spacial score (nSPS) is 24.8. The van der Waals surface area contributed by atoms with Gasteiger partial charge in [0.1, 0.15) is 0 Å². The average molecular weight is 343 g/mol. The van der Waals surface area contributed by atoms with Gasteiger partial charge in [-0.15, -0.1) is 0 Å². The molecule has 0 radical (unpaired) electrons. The van der Waals surface area contributed by atoms with Gasteiger partial charge in [-0.05, 0) is 62.5 Å². The number of aromatic nitrogens is 1. The molecule has 1 atom stereocenters. The highest BCUT2D eigenvalue weighted by atomic mass is 16.2. The van der Waals surface area contributed by atoms with Crippen molar-refractivity contribution in [1.29, 1.82) is 0 Å². The third-order valence-electron chi connectivity index (χ3n) is 5.78. The Morgan fingerprint density at radius 1 is 1.16 bits per heavy atom. The molecule has 5 heteroatoms. The monoisotopic (exact) mass is 343 g/mol. The molecule has 2 N–H and O–H groups in total. The lowest BCUT2D eigenvalue weighted by molar-refractivity contribution is -0.128. The van der Waals surface area contributed by atoms with Crippen molar-refractivity contribution in [2.75, 3.05) is 6.54 Å². The second-order valence-corrected chi connectivity index (χ2v) is 7.59. The molecule has 2 fully saturated rings. The first-order chi connectivity index (χ1) is 12.1. The van der Waals surface area contributed by atoms with Gasteiger partial charge in [0.15, 0.2) is 0 Å². The zero-order valence-corrected chi connectivity index (χ0v) is 15.0. The number of carbonyl (C=O) groups excluding carboxylic acids is 2. The van der Waals surface area contributed by atoms with E-state index in [1.54, 1.807) is 13.1 Å². The molecule has 0 unspecified atom stereocenters. The molecule has 1 heterocycles. The summed E-state index contributed by atoms with van der Waals surface area (Å²) in [7, 11) is 0. The molecule has 2 saturated carbocycles. The SMILES string of the molecule is CC(=O)NCC1CCC([C@@H](NC(=O)C2CCC2)c2ccccn2)CC1. The Labute approximate surface area is 150 Å². The van der Waals surface area contributed by atoms with Crippen LogP contribution in [-0.4, -0.2) is 23.3 Å². The minimum Gasteiger partial charge on any atom is -0.356 e. The third kappa shape index (κ3) is 4.80. The number of hydrogen-bond acceptors (Lipinski definition) is 3. The van der Waals surface area contributed by atoms with Crippen molar-refractivity contribution < 1.29 is 9.59 Å². The maximum atomic E-state index is 12.5. The van der Waals surface area contributed by atoms with Gasteiger partial charge < -0.3 is 10.6 Å². The number of pyridine rings is 1. The quantitative estimate of drug-likeness (QED) is 0.834. The Balaban J connectivity index is 1.61. The second-order valence-electron chi connectivity index (χ2n) is 7.59. The fourth-order valence-electron chi connectivity index (χ4n) is 3.95. The maximum Gasteiger partial charge on any atom is 0.223 e. The summed E-state index contributed by atoms with van der Waals surface area (Å²) in [6.45, 7) is 2.34. The van der Waals surface area contributed by atoms with Crippen molar-refractivity contribution in [3.8, 4) is 0 Å². The van der Waals surface area contributed by atoms with Gasteiger partial charge in [0.05, 0.1) is 11.7 Å². The Bertz CT molecular complexity index is 578. The van der Waals surface area contributed by atoms with Crippen molar-refractivity contribution in [2.24, 2.45) is 17.8 Å². The summed E-state index contributed by atoms with van der Waals surface area (Å²) in [5.74, 6) is 1.41. The van der Waals surface area contributed by atoms with Crippen LogP contribution in [0.4, 0.5) is 0 Å². The molecule has 136 valence electrons. The Morgan fingerprint density at radius 3 is 2.48 bits per heavy atom. The summed E-state index contributed by atoms with van der Waals surface area (Å²) < 4.78 is 0. The zero-order chi connectivity index (χ0) is 17.6. The van der Waals surface area contributed by atoms with Gasteiger partial charge in [-0.2, -0.15) is 0 Å². The summed E-state index contributed by atoms with van der Waals surface area (Å²) in [5.41, 5.74) is 0.973. The van der Waals surface area contributed by atoms with E-state index in [0.29, 0.717) is 11.8 Å². The highest BCUT2D eigenvalue weighted by Gasteiger charge is 2.33. The number of rotatable bonds is 6. The van der Waals surface area contributed by atoms with Crippen LogP contribution in [0.3, 0.4) is 0 Å². The summed E-state index contributed by atoms with van der Waals surface area (Å²) >= 11 is 0. The van der Waals surface area contributed by atoms with Crippen LogP contribution in [0.5, 0.6) is 0 Å². The lowest BCUT2D eigenvalue weighted by Crippen LogP contribution is -2.41. The fourth-order valence-corrected chi connectivity index (χ4v) is 3.95. The molecule has 1 aromatic heterocycles. The predicted octanol–water partition coefficient (Wildman–Crippen LogP) is 2.98. The summed E-state index contributed by atoms with van der Waals surface area (Å²) in [6.07, 6.45) is 9.32. The van der Waals surface area contributed by atoms with Crippen molar-refractivity contribution in [2.45, 2.75) is 57.9 Å². The molecule has 0 aliphatic heterocycles. The lowest BCUT2D eigenvalue weighted by Gasteiger charge is -2.35. The third-order valence-corrected chi connectivity index (χ3v) is 5.78. The van der Waals surface area contributed by atoms with Crippen molar-refractivity contribution in [3.63, 3.8) is 0 Å². The maximum absolute atomic E-state index is 12.5. The second kappa shape index (κ2) is 8.45. The Kier molecular flexibility index (Phi) is 6.05. The zero-order valence-electron chi connectivity index (χ0n) is 15.0. The van der Waals surface area contributed by atoms with E-state index in [1.807, 2.05) is 18.2 Å². The topological polar surface area (TPSA) is 71.1 Å². The average Bonchev–Trinajstić information content (AvgIpc) is 2.58. The fraction of sp³-hybridized carbons (Fsp3) is 0.650. The predicted molar refractivity (Wildman–Crippen MR) is 96.6 cm³/mol. The van der Waals surface area contributed by atoms with Crippen LogP contribution in [0.25, 0.3) is 0 Å². The van der Waals surface area contributed by atoms with Crippen molar-refractivity contribution in [3.05, 3.63) is 30.1 Å². The molecule has 2 amide bonds. The molecule has 0 bridgehead atoms. The van der Waals surface area contributed by atoms with Gasteiger partial charge in [-0.25, -0.2) is 0 Å². The smallest absolute Gasteiger partial charge is 0.223 e. The standard InChI is InChI=1S/C20H29N3O2/c1-14(24)22-13-15-8-10-16(11-9-15)19(18-7-2-3-12-21-18)23-20(25)17-5-4-6-17/h2-3,7,12,15-17,19H,4-6,8-11,13H2,1H3,(H,22,24)(H,23,25)/t15?,16?,19-/m1/s1. The van der Waals surface area contributed by atoms with E-state index in [4.69, 9.17) is 0 Å². The molecule has 2 aliphatic rings. The van der Waals surface area contributed by atoms with Crippen LogP contribution in [0, 0.1) is 17.8 Å². The Morgan fingerprint density at radius 2 is 1.92 bits per heavy atom. The van der Waals surface area contributed by atoms with Crippen LogP contribution >= 0.6 is 0 Å². The first-order valence-corrected chi connectivity index (χ1v) is 9.59. The lowest BCUT2D eigenvalue weighted by atomic mass is 9.77. The molecule has 1 aromatic rings. The number of carbonyl (C=O) groups is 2. The van der Waals surface area contributed by atoms with Gasteiger partial charge in [-0.3, -0.25) is 14.6 Å². The van der Waals surface area contributed by atoms with Gasteiger partial charge in [0.25, 0.3) is 0 Å². The van der Waals surface area contributed by atoms with Crippen molar-refractivity contribution >= 4 is 11.8 Å². The number of nitrogens with one attached hydrogen (secondary N) is 2. The molecular formula is C20H29N3O2. The van der Waals surface area contributed by atoms with E-state index in [2.05, 4.69) is 15.6 Å². The summed E-state index contributed by atoms with van der Waals surface area (Å²) in [4.78, 5) is 28.1. The van der Waals surface area contributed by atoms with Gasteiger partial charge >= 0.3 is 0 Å². The van der Waals surface area contributed by atoms with Crippen LogP contribution in [0.1, 0.15) is 63.6 Å². The minimum absolute atomic E-state index is 0.0102. The van der Waals surface area contributed by atoms with E-state index >= 15 is 0 Å². The van der Waals surface area contributed by atoms with Gasteiger partial charge in [0.2, 0.25) is 11.8 Å². The molecule has 3 rings (SSSR count). The summed E-state index contributed by atoms with van der Waals surface area (Å²) in [5, 5.41) is 6.23. The molecule has 25 heavy (non-hydrogen) atoms. The van der Waals surface area contributed by atoms with E-state index in [-0.39, 0.29) is 23.8 Å². The number of hydrogen-bond donors (Lipinski definition) is 2. The highest BCUT2D eigenvalue weighted by molar-refractivity contribution is 5.79. The first-order valence-electron chi connectivity index (χ1n) is 9.59. The van der Waals surface area contributed by atoms with Crippen LogP contribution in [-0.2, 0) is 9.59 Å². The molecule has 5 nitrogen and oxygen atoms in total. The highest BCUT2D eigenvalue weighted by Crippen LogP contribution is 2.37. The van der Waals surface area contributed by atoms with E-state index in [9.17, 15) is 9.59 Å². The van der Waals surface area contributed by atoms with Crippen LogP contribution in [0.2, 0.25) is 0 Å². The first kappa shape index (κ1) is 17.9. The van der Waals surface area contributed by atoms with Crippen LogP contribution < -0.4 is 10.6 Å². The molecule has 0 spiro atoms. The minimum atomic E-state index is 0.0102. The molecular weight excluding hydrogens is 314 g/mol. The van der Waals surface area contributed by atoms with Crippen LogP contribution in [0.15, 0.2) is 24.4 Å². The van der Waals surface area contributed by atoms with Gasteiger partial charge in [-0.1, -0.05) is 12.5 Å². The van der Waals surface area contributed by atoms with E-state index in [0.717, 1.165) is 50.8 Å². The summed E-state index contributed by atoms with van der Waals surface area (Å²) in [6, 6.07) is 5.94. The number of amides is 2. The van der Waals surface area contributed by atoms with Crippen molar-refractivity contribution in [1.82, 2.24) is 15.6 Å². The molecule has 0 aromatic carbocycles. The molecule has 0 saturated heterocycles. The van der Waals surface area contributed by atoms with Gasteiger partial charge in [0, 0.05) is 25.6 Å². The Hall–Kier alpha value is -1.91. The van der Waals surface area contributed by atoms with E-state index in [1.165, 1.54) is 6.42 Å². The van der Waals surface area contributed by atoms with E-state index < -0.39 is 0 Å². The molecule has 2 aliphatic carbocycles.